The zero-order valence-corrected chi connectivity index (χ0v) is 17.8. The lowest BCUT2D eigenvalue weighted by Gasteiger charge is -2.45. The number of nitrogens with one attached hydrogen (secondary N) is 1. The topological polar surface area (TPSA) is 58.6 Å². The fourth-order valence-corrected chi connectivity index (χ4v) is 4.71. The molecule has 0 amide bonds. The fourth-order valence-electron chi connectivity index (χ4n) is 4.71. The molecule has 3 aliphatic heterocycles. The molecule has 4 rings (SSSR count). The summed E-state index contributed by atoms with van der Waals surface area (Å²) in [6, 6.07) is 6.17. The highest BCUT2D eigenvalue weighted by molar-refractivity contribution is 5.79. The van der Waals surface area contributed by atoms with Crippen molar-refractivity contribution in [3.63, 3.8) is 0 Å². The Morgan fingerprint density at radius 3 is 2.55 bits per heavy atom. The number of hydrogen-bond donors (Lipinski definition) is 1. The smallest absolute Gasteiger partial charge is 0.193 e. The molecule has 7 nitrogen and oxygen atoms in total. The maximum Gasteiger partial charge on any atom is 0.193 e. The maximum atomic E-state index is 5.72. The Morgan fingerprint density at radius 1 is 1.10 bits per heavy atom. The van der Waals surface area contributed by atoms with Gasteiger partial charge in [-0.1, -0.05) is 6.07 Å². The summed E-state index contributed by atoms with van der Waals surface area (Å²) >= 11 is 0. The maximum absolute atomic E-state index is 5.72. The summed E-state index contributed by atoms with van der Waals surface area (Å²) in [7, 11) is 3.94. The number of guanidine groups is 1. The van der Waals surface area contributed by atoms with Gasteiger partial charge in [0, 0.05) is 45.9 Å². The lowest BCUT2D eigenvalue weighted by molar-refractivity contribution is -0.0166. The number of hydrogen-bond acceptors (Lipinski definition) is 5. The molecule has 2 saturated heterocycles. The lowest BCUT2D eigenvalue weighted by Crippen LogP contribution is -2.58. The van der Waals surface area contributed by atoms with Gasteiger partial charge in [0.2, 0.25) is 0 Å². The van der Waals surface area contributed by atoms with E-state index in [0.717, 1.165) is 56.6 Å². The summed E-state index contributed by atoms with van der Waals surface area (Å²) < 4.78 is 17.0. The van der Waals surface area contributed by atoms with Gasteiger partial charge in [0.25, 0.3) is 0 Å². The van der Waals surface area contributed by atoms with Crippen LogP contribution in [0.2, 0.25) is 0 Å². The first-order valence-electron chi connectivity index (χ1n) is 10.8. The molecule has 2 fully saturated rings. The number of benzene rings is 1. The van der Waals surface area contributed by atoms with Crippen molar-refractivity contribution in [3.8, 4) is 11.5 Å². The van der Waals surface area contributed by atoms with Gasteiger partial charge in [-0.3, -0.25) is 9.89 Å². The first-order chi connectivity index (χ1) is 14.2. The second kappa shape index (κ2) is 9.22. The highest BCUT2D eigenvalue weighted by atomic mass is 16.6. The molecule has 0 atom stereocenters. The monoisotopic (exact) mass is 402 g/mol. The molecule has 0 saturated carbocycles. The molecule has 1 aromatic carbocycles. The number of rotatable bonds is 5. The van der Waals surface area contributed by atoms with Gasteiger partial charge in [0.05, 0.1) is 0 Å². The van der Waals surface area contributed by atoms with Gasteiger partial charge in [-0.05, 0) is 56.5 Å². The number of nitrogens with zero attached hydrogens (tertiary/aromatic N) is 3. The van der Waals surface area contributed by atoms with Gasteiger partial charge in [0.15, 0.2) is 17.5 Å². The van der Waals surface area contributed by atoms with Crippen LogP contribution in [-0.2, 0) is 11.3 Å². The standard InChI is InChI=1S/C22H34N4O3/c1-23-21(24-17-22(7-11-27-12-8-22)26-9-3-4-10-26)25(2)16-18-5-6-19-20(15-18)29-14-13-28-19/h5-6,15H,3-4,7-14,16-17H2,1-2H3,(H,23,24). The summed E-state index contributed by atoms with van der Waals surface area (Å²) in [4.78, 5) is 9.39. The third-order valence-corrected chi connectivity index (χ3v) is 6.38. The van der Waals surface area contributed by atoms with Crippen molar-refractivity contribution >= 4 is 5.96 Å². The van der Waals surface area contributed by atoms with Crippen LogP contribution in [0.25, 0.3) is 0 Å². The Kier molecular flexibility index (Phi) is 6.45. The van der Waals surface area contributed by atoms with Crippen molar-refractivity contribution in [2.75, 3.05) is 60.2 Å². The molecule has 0 radical (unpaired) electrons. The second-order valence-electron chi connectivity index (χ2n) is 8.27. The van der Waals surface area contributed by atoms with E-state index in [0.29, 0.717) is 13.2 Å². The van der Waals surface area contributed by atoms with Crippen LogP contribution in [0.5, 0.6) is 11.5 Å². The quantitative estimate of drug-likeness (QED) is 0.601. The molecule has 0 bridgehead atoms. The minimum atomic E-state index is 0.183. The first kappa shape index (κ1) is 20.3. The average molecular weight is 403 g/mol. The summed E-state index contributed by atoms with van der Waals surface area (Å²) in [6.45, 7) is 7.00. The molecule has 0 unspecified atom stereocenters. The lowest BCUT2D eigenvalue weighted by atomic mass is 9.88. The summed E-state index contributed by atoms with van der Waals surface area (Å²) in [6.07, 6.45) is 4.79. The zero-order valence-electron chi connectivity index (χ0n) is 17.8. The third-order valence-electron chi connectivity index (χ3n) is 6.38. The Labute approximate surface area is 174 Å². The van der Waals surface area contributed by atoms with E-state index in [1.165, 1.54) is 31.5 Å². The Morgan fingerprint density at radius 2 is 1.83 bits per heavy atom. The third kappa shape index (κ3) is 4.61. The van der Waals surface area contributed by atoms with E-state index in [-0.39, 0.29) is 5.54 Å². The molecule has 0 spiro atoms. The highest BCUT2D eigenvalue weighted by Gasteiger charge is 2.39. The predicted molar refractivity (Wildman–Crippen MR) is 114 cm³/mol. The normalized spacial score (nSPS) is 21.8. The van der Waals surface area contributed by atoms with Crippen molar-refractivity contribution in [1.82, 2.24) is 15.1 Å². The van der Waals surface area contributed by atoms with Gasteiger partial charge in [-0.2, -0.15) is 0 Å². The number of aliphatic imine (C=N–C) groups is 1. The molecular formula is C22H34N4O3. The van der Waals surface area contributed by atoms with Gasteiger partial charge in [0.1, 0.15) is 13.2 Å². The second-order valence-corrected chi connectivity index (χ2v) is 8.27. The van der Waals surface area contributed by atoms with Crippen molar-refractivity contribution in [2.24, 2.45) is 4.99 Å². The summed E-state index contributed by atoms with van der Waals surface area (Å²) in [5, 5.41) is 3.66. The van der Waals surface area contributed by atoms with E-state index in [1.54, 1.807) is 0 Å². The van der Waals surface area contributed by atoms with Gasteiger partial charge in [-0.15, -0.1) is 0 Å². The highest BCUT2D eigenvalue weighted by Crippen LogP contribution is 2.32. The molecule has 1 N–H and O–H groups in total. The minimum Gasteiger partial charge on any atom is -0.486 e. The SMILES string of the molecule is CN=C(NCC1(N2CCCC2)CCOCC1)N(C)Cc1ccc2c(c1)OCCO2. The van der Waals surface area contributed by atoms with Crippen LogP contribution in [0, 0.1) is 0 Å². The first-order valence-corrected chi connectivity index (χ1v) is 10.8. The van der Waals surface area contributed by atoms with Crippen molar-refractivity contribution in [3.05, 3.63) is 23.8 Å². The molecule has 3 heterocycles. The summed E-state index contributed by atoms with van der Waals surface area (Å²) in [5.74, 6) is 2.59. The van der Waals surface area contributed by atoms with E-state index in [2.05, 4.69) is 39.3 Å². The van der Waals surface area contributed by atoms with Crippen molar-refractivity contribution in [1.29, 1.82) is 0 Å². The van der Waals surface area contributed by atoms with Crippen molar-refractivity contribution < 1.29 is 14.2 Å². The van der Waals surface area contributed by atoms with Crippen LogP contribution in [0.4, 0.5) is 0 Å². The van der Waals surface area contributed by atoms with E-state index >= 15 is 0 Å². The molecule has 0 aliphatic carbocycles. The molecule has 7 heteroatoms. The van der Waals surface area contributed by atoms with Gasteiger partial charge >= 0.3 is 0 Å². The minimum absolute atomic E-state index is 0.183. The Hall–Kier alpha value is -1.99. The van der Waals surface area contributed by atoms with Crippen LogP contribution in [-0.4, -0.2) is 81.5 Å². The molecule has 29 heavy (non-hydrogen) atoms. The largest absolute Gasteiger partial charge is 0.486 e. The zero-order chi connectivity index (χ0) is 20.1. The molecule has 1 aromatic rings. The Bertz CT molecular complexity index is 712. The number of ether oxygens (including phenoxy) is 3. The predicted octanol–water partition coefficient (Wildman–Crippen LogP) is 2.11. The molecular weight excluding hydrogens is 368 g/mol. The van der Waals surface area contributed by atoms with Crippen LogP contribution < -0.4 is 14.8 Å². The Balaban J connectivity index is 1.39. The fraction of sp³-hybridized carbons (Fsp3) is 0.682. The molecule has 0 aromatic heterocycles. The van der Waals surface area contributed by atoms with Crippen LogP contribution in [0.1, 0.15) is 31.2 Å². The van der Waals surface area contributed by atoms with Crippen LogP contribution >= 0.6 is 0 Å². The van der Waals surface area contributed by atoms with E-state index in [1.807, 2.05) is 13.1 Å². The molecule has 160 valence electrons. The average Bonchev–Trinajstić information content (AvgIpc) is 3.30. The summed E-state index contributed by atoms with van der Waals surface area (Å²) in [5.41, 5.74) is 1.36. The van der Waals surface area contributed by atoms with E-state index in [9.17, 15) is 0 Å². The molecule has 3 aliphatic rings. The van der Waals surface area contributed by atoms with E-state index < -0.39 is 0 Å². The van der Waals surface area contributed by atoms with Crippen LogP contribution in [0.15, 0.2) is 23.2 Å². The number of likely N-dealkylation sites (tertiary alicyclic amines) is 1. The van der Waals surface area contributed by atoms with Crippen LogP contribution in [0.3, 0.4) is 0 Å². The number of fused-ring (bicyclic) bond motifs is 1. The van der Waals surface area contributed by atoms with Crippen molar-refractivity contribution in [2.45, 2.75) is 37.8 Å². The van der Waals surface area contributed by atoms with Gasteiger partial charge < -0.3 is 24.4 Å². The van der Waals surface area contributed by atoms with Gasteiger partial charge in [-0.25, -0.2) is 0 Å². The van der Waals surface area contributed by atoms with E-state index in [4.69, 9.17) is 14.2 Å².